The van der Waals surface area contributed by atoms with Crippen molar-refractivity contribution in [3.05, 3.63) is 60.6 Å². The van der Waals surface area contributed by atoms with Gasteiger partial charge in [-0.15, -0.1) is 0 Å². The molecule has 0 bridgehead atoms. The summed E-state index contributed by atoms with van der Waals surface area (Å²) < 4.78 is 31.0. The molecule has 4 heterocycles. The average molecular weight is 529 g/mol. The van der Waals surface area contributed by atoms with Crippen LogP contribution in [-0.2, 0) is 6.54 Å². The van der Waals surface area contributed by atoms with Crippen LogP contribution in [-0.4, -0.2) is 41.8 Å². The van der Waals surface area contributed by atoms with Crippen molar-refractivity contribution in [1.82, 2.24) is 40.0 Å². The molecular formula is C28H42F2N8. The van der Waals surface area contributed by atoms with Crippen LogP contribution in [0.25, 0.3) is 11.5 Å². The first-order valence-electron chi connectivity index (χ1n) is 13.7. The molecule has 1 unspecified atom stereocenters. The second kappa shape index (κ2) is 13.5. The van der Waals surface area contributed by atoms with E-state index in [1.807, 2.05) is 44.6 Å². The molecule has 2 aliphatic rings. The minimum atomic E-state index is -2.59. The number of imidazole rings is 1. The lowest BCUT2D eigenvalue weighted by molar-refractivity contribution is -0.0493. The number of nitrogens with zero attached hydrogens (tertiary/aromatic N) is 6. The van der Waals surface area contributed by atoms with Crippen molar-refractivity contribution < 1.29 is 8.78 Å². The van der Waals surface area contributed by atoms with Crippen molar-refractivity contribution in [2.75, 3.05) is 6.54 Å². The summed E-state index contributed by atoms with van der Waals surface area (Å²) >= 11 is 0. The van der Waals surface area contributed by atoms with Gasteiger partial charge in [-0.1, -0.05) is 27.0 Å². The number of alkyl halides is 2. The number of hydrogen-bond acceptors (Lipinski definition) is 6. The topological polar surface area (TPSA) is 85.0 Å². The van der Waals surface area contributed by atoms with Crippen LogP contribution in [0.5, 0.6) is 0 Å². The summed E-state index contributed by atoms with van der Waals surface area (Å²) in [7, 11) is 0. The molecule has 1 aliphatic carbocycles. The Morgan fingerprint density at radius 1 is 1.26 bits per heavy atom. The van der Waals surface area contributed by atoms with Crippen LogP contribution >= 0.6 is 0 Å². The number of aryl methyl sites for hydroxylation is 2. The number of hydrogen-bond donors (Lipinski definition) is 2. The summed E-state index contributed by atoms with van der Waals surface area (Å²) in [6, 6.07) is 1.63. The molecule has 3 aromatic heterocycles. The van der Waals surface area contributed by atoms with Gasteiger partial charge in [-0.2, -0.15) is 10.2 Å². The number of fused-ring (bicyclic) bond motifs is 1. The highest BCUT2D eigenvalue weighted by molar-refractivity contribution is 5.59. The molecule has 1 atom stereocenters. The number of rotatable bonds is 6. The molecule has 2 N–H and O–H groups in total. The molecule has 1 saturated heterocycles. The zero-order chi connectivity index (χ0) is 27.7. The highest BCUT2D eigenvalue weighted by Gasteiger charge is 2.39. The van der Waals surface area contributed by atoms with Crippen molar-refractivity contribution in [1.29, 1.82) is 0 Å². The minimum Gasteiger partial charge on any atom is -0.389 e. The largest absolute Gasteiger partial charge is 0.389 e. The number of allylic oxidation sites excluding steroid dienone is 1. The zero-order valence-electron chi connectivity index (χ0n) is 23.2. The maximum Gasteiger partial charge on any atom is 0.250 e. The lowest BCUT2D eigenvalue weighted by atomic mass is 9.81. The first-order chi connectivity index (χ1) is 18.3. The van der Waals surface area contributed by atoms with E-state index < -0.39 is 5.92 Å². The van der Waals surface area contributed by atoms with Crippen molar-refractivity contribution in [2.24, 2.45) is 5.92 Å². The minimum absolute atomic E-state index is 0.00961. The van der Waals surface area contributed by atoms with Crippen LogP contribution in [0.2, 0.25) is 0 Å². The summed E-state index contributed by atoms with van der Waals surface area (Å²) in [4.78, 5) is 8.93. The number of nitrogens with one attached hydrogen (secondary N) is 2. The molecule has 0 spiro atoms. The lowest BCUT2D eigenvalue weighted by Gasteiger charge is -2.34. The Bertz CT molecular complexity index is 1180. The van der Waals surface area contributed by atoms with Gasteiger partial charge in [0.25, 0.3) is 5.78 Å². The molecular weight excluding hydrogens is 486 g/mol. The zero-order valence-corrected chi connectivity index (χ0v) is 23.2. The van der Waals surface area contributed by atoms with E-state index in [4.69, 9.17) is 0 Å². The van der Waals surface area contributed by atoms with Gasteiger partial charge in [0.15, 0.2) is 0 Å². The van der Waals surface area contributed by atoms with Gasteiger partial charge in [-0.25, -0.2) is 23.3 Å². The molecule has 38 heavy (non-hydrogen) atoms. The average Bonchev–Trinajstić information content (AvgIpc) is 3.56. The lowest BCUT2D eigenvalue weighted by Crippen LogP contribution is -2.34. The van der Waals surface area contributed by atoms with E-state index in [0.29, 0.717) is 30.9 Å². The van der Waals surface area contributed by atoms with E-state index in [2.05, 4.69) is 44.0 Å². The monoisotopic (exact) mass is 528 g/mol. The Morgan fingerprint density at radius 3 is 2.61 bits per heavy atom. The number of piperidine rings is 1. The second-order valence-corrected chi connectivity index (χ2v) is 9.62. The van der Waals surface area contributed by atoms with E-state index in [-0.39, 0.29) is 24.8 Å². The van der Waals surface area contributed by atoms with Crippen LogP contribution in [0.1, 0.15) is 88.8 Å². The van der Waals surface area contributed by atoms with Gasteiger partial charge in [-0.3, -0.25) is 4.68 Å². The van der Waals surface area contributed by atoms with Crippen molar-refractivity contribution in [3.63, 3.8) is 0 Å². The standard InChI is InChI=1S/C20H25F2N7.C6H11N.C2H6/c1-4-28-17(7-10-24-28)14(3)25-18(15-5-8-20(21,22)9-6-15)16-12-29-19(26-16)23-11-13(2)27-29;1-6-4-2-3-5-7-6;1-2/h7,10-12,15,18,25H,3-6,8-9H2,1-2H3;7H,1-5H2;1-2H3. The molecule has 208 valence electrons. The van der Waals surface area contributed by atoms with E-state index in [1.54, 1.807) is 16.9 Å². The van der Waals surface area contributed by atoms with Crippen LogP contribution in [0.15, 0.2) is 43.5 Å². The Morgan fingerprint density at radius 2 is 2.00 bits per heavy atom. The normalized spacial score (nSPS) is 17.9. The quantitative estimate of drug-likeness (QED) is 0.404. The summed E-state index contributed by atoms with van der Waals surface area (Å²) in [5.74, 6) is -2.09. The summed E-state index contributed by atoms with van der Waals surface area (Å²) in [5.41, 5.74) is 4.29. The first kappa shape index (κ1) is 29.3. The van der Waals surface area contributed by atoms with E-state index in [0.717, 1.165) is 23.6 Å². The predicted octanol–water partition coefficient (Wildman–Crippen LogP) is 6.08. The van der Waals surface area contributed by atoms with Gasteiger partial charge in [0, 0.05) is 37.8 Å². The third-order valence-corrected chi connectivity index (χ3v) is 6.81. The Kier molecular flexibility index (Phi) is 10.4. The molecule has 0 amide bonds. The van der Waals surface area contributed by atoms with Crippen LogP contribution in [0.3, 0.4) is 0 Å². The van der Waals surface area contributed by atoms with Crippen LogP contribution in [0, 0.1) is 12.8 Å². The fourth-order valence-corrected chi connectivity index (χ4v) is 4.79. The summed E-state index contributed by atoms with van der Waals surface area (Å²) in [5, 5.41) is 15.3. The molecule has 1 aliphatic heterocycles. The van der Waals surface area contributed by atoms with Crippen molar-refractivity contribution >= 4 is 11.5 Å². The Hall–Kier alpha value is -3.30. The highest BCUT2D eigenvalue weighted by atomic mass is 19.3. The molecule has 10 heteroatoms. The highest BCUT2D eigenvalue weighted by Crippen LogP contribution is 2.41. The fraction of sp³-hybridized carbons (Fsp3) is 0.571. The van der Waals surface area contributed by atoms with Gasteiger partial charge in [0.05, 0.1) is 41.2 Å². The van der Waals surface area contributed by atoms with Gasteiger partial charge in [-0.05, 0) is 57.9 Å². The van der Waals surface area contributed by atoms with E-state index in [1.165, 1.54) is 25.0 Å². The molecule has 0 aromatic carbocycles. The van der Waals surface area contributed by atoms with E-state index in [9.17, 15) is 8.78 Å². The number of aromatic nitrogens is 6. The van der Waals surface area contributed by atoms with Gasteiger partial charge >= 0.3 is 0 Å². The van der Waals surface area contributed by atoms with Gasteiger partial charge < -0.3 is 10.6 Å². The van der Waals surface area contributed by atoms with Crippen molar-refractivity contribution in [2.45, 2.75) is 91.1 Å². The van der Waals surface area contributed by atoms with Gasteiger partial charge in [0.2, 0.25) is 5.92 Å². The summed E-state index contributed by atoms with van der Waals surface area (Å²) in [6.45, 7) is 17.7. The maximum atomic E-state index is 13.8. The maximum absolute atomic E-state index is 13.8. The summed E-state index contributed by atoms with van der Waals surface area (Å²) in [6.07, 6.45) is 9.64. The molecule has 5 rings (SSSR count). The first-order valence-corrected chi connectivity index (χ1v) is 13.7. The van der Waals surface area contributed by atoms with Gasteiger partial charge in [0.1, 0.15) is 0 Å². The smallest absolute Gasteiger partial charge is 0.250 e. The Labute approximate surface area is 224 Å². The van der Waals surface area contributed by atoms with Crippen molar-refractivity contribution in [3.8, 4) is 0 Å². The molecule has 8 nitrogen and oxygen atoms in total. The van der Waals surface area contributed by atoms with Crippen LogP contribution < -0.4 is 10.6 Å². The molecule has 1 saturated carbocycles. The fourth-order valence-electron chi connectivity index (χ4n) is 4.79. The van der Waals surface area contributed by atoms with E-state index >= 15 is 0 Å². The third-order valence-electron chi connectivity index (χ3n) is 6.81. The second-order valence-electron chi connectivity index (χ2n) is 9.62. The molecule has 2 fully saturated rings. The van der Waals surface area contributed by atoms with Crippen LogP contribution in [0.4, 0.5) is 8.78 Å². The predicted molar refractivity (Wildman–Crippen MR) is 148 cm³/mol. The third kappa shape index (κ3) is 7.61. The number of halogens is 2. The molecule has 3 aromatic rings. The SMILES string of the molecule is C=C(NC(c1cn2nc(C)cnc2n1)C1CCC(F)(F)CC1)c1ccnn1CC.C=C1CCCCN1.CC. The molecule has 0 radical (unpaired) electrons. The Balaban J connectivity index is 0.000000381.